The van der Waals surface area contributed by atoms with E-state index in [4.69, 9.17) is 16.3 Å². The molecule has 2 heterocycles. The maximum atomic E-state index is 12.9. The van der Waals surface area contributed by atoms with E-state index in [9.17, 15) is 14.7 Å². The predicted molar refractivity (Wildman–Crippen MR) is 76.7 cm³/mol. The first-order valence-electron chi connectivity index (χ1n) is 7.43. The fourth-order valence-corrected chi connectivity index (χ4v) is 4.19. The number of halogens is 1. The van der Waals surface area contributed by atoms with Crippen LogP contribution in [0.25, 0.3) is 0 Å². The average molecular weight is 314 g/mol. The summed E-state index contributed by atoms with van der Waals surface area (Å²) in [6.45, 7) is 1.72. The van der Waals surface area contributed by atoms with Crippen LogP contribution in [0.5, 0.6) is 0 Å². The maximum absolute atomic E-state index is 12.9. The molecule has 0 radical (unpaired) electrons. The molecule has 6 heteroatoms. The normalized spacial score (nSPS) is 44.9. The molecule has 0 aromatic rings. The summed E-state index contributed by atoms with van der Waals surface area (Å²) in [6.07, 6.45) is 6.00. The second kappa shape index (κ2) is 5.07. The Morgan fingerprint density at radius 3 is 2.95 bits per heavy atom. The Labute approximate surface area is 128 Å². The third-order valence-electron chi connectivity index (χ3n) is 5.19. The van der Waals surface area contributed by atoms with Crippen molar-refractivity contribution in [3.05, 3.63) is 12.2 Å². The van der Waals surface area contributed by atoms with Crippen molar-refractivity contribution in [3.8, 4) is 0 Å². The lowest BCUT2D eigenvalue weighted by Crippen LogP contribution is -2.78. The number of alkyl halides is 1. The molecule has 5 nitrogen and oxygen atoms in total. The number of rotatable bonds is 4. The molecule has 0 saturated carbocycles. The van der Waals surface area contributed by atoms with E-state index in [0.717, 1.165) is 19.3 Å². The average Bonchev–Trinajstić information content (AvgIpc) is 2.65. The number of aliphatic hydroxyl groups is 1. The lowest BCUT2D eigenvalue weighted by atomic mass is 9.65. The summed E-state index contributed by atoms with van der Waals surface area (Å²) < 4.78 is 5.34. The number of carbonyl (C=O) groups is 2. The summed E-state index contributed by atoms with van der Waals surface area (Å²) >= 11 is 5.78. The van der Waals surface area contributed by atoms with Gasteiger partial charge in [-0.2, -0.15) is 0 Å². The van der Waals surface area contributed by atoms with Gasteiger partial charge < -0.3 is 9.84 Å². The first-order chi connectivity index (χ1) is 9.97. The van der Waals surface area contributed by atoms with Crippen molar-refractivity contribution in [1.82, 2.24) is 5.32 Å². The summed E-state index contributed by atoms with van der Waals surface area (Å²) in [5.41, 5.74) is -2.43. The summed E-state index contributed by atoms with van der Waals surface area (Å²) in [4.78, 5) is 25.1. The minimum absolute atomic E-state index is 0.187. The summed E-state index contributed by atoms with van der Waals surface area (Å²) in [5.74, 6) is -1.09. The summed E-state index contributed by atoms with van der Waals surface area (Å²) in [7, 11) is 0. The molecule has 0 spiro atoms. The Balaban J connectivity index is 1.94. The van der Waals surface area contributed by atoms with Gasteiger partial charge in [-0.15, -0.1) is 11.6 Å². The molecule has 21 heavy (non-hydrogen) atoms. The molecule has 3 rings (SSSR count). The zero-order chi connectivity index (χ0) is 15.3. The van der Waals surface area contributed by atoms with E-state index >= 15 is 0 Å². The molecular formula is C15H20ClNO4. The minimum Gasteiger partial charge on any atom is -0.454 e. The highest BCUT2D eigenvalue weighted by molar-refractivity contribution is 6.18. The number of hydrogen-bond donors (Lipinski definition) is 2. The van der Waals surface area contributed by atoms with Crippen LogP contribution in [0.2, 0.25) is 0 Å². The number of Topliss-reactive ketones (excluding diaryl/α,β-unsaturated/α-hetero) is 1. The van der Waals surface area contributed by atoms with Gasteiger partial charge in [-0.05, 0) is 32.6 Å². The van der Waals surface area contributed by atoms with Crippen molar-refractivity contribution in [2.45, 2.75) is 50.0 Å². The molecule has 2 saturated heterocycles. The van der Waals surface area contributed by atoms with E-state index < -0.39 is 23.3 Å². The van der Waals surface area contributed by atoms with Crippen LogP contribution in [0.3, 0.4) is 0 Å². The Kier molecular flexibility index (Phi) is 3.62. The van der Waals surface area contributed by atoms with Gasteiger partial charge in [-0.25, -0.2) is 4.79 Å². The van der Waals surface area contributed by atoms with Crippen LogP contribution in [-0.4, -0.2) is 40.1 Å². The number of ether oxygens (including phenoxy) is 1. The van der Waals surface area contributed by atoms with Crippen LogP contribution in [0, 0.1) is 11.8 Å². The van der Waals surface area contributed by atoms with Crippen molar-refractivity contribution >= 4 is 23.4 Å². The monoisotopic (exact) mass is 313 g/mol. The maximum Gasteiger partial charge on any atom is 0.339 e. The molecule has 0 aromatic heterocycles. The number of aliphatic hydroxyl groups excluding tert-OH is 1. The number of carbonyl (C=O) groups excluding carboxylic acids is 2. The molecule has 1 aliphatic carbocycles. The van der Waals surface area contributed by atoms with E-state index in [1.807, 2.05) is 12.2 Å². The number of nitrogens with one attached hydrogen (secondary N) is 1. The quantitative estimate of drug-likeness (QED) is 0.352. The van der Waals surface area contributed by atoms with E-state index in [1.165, 1.54) is 0 Å². The Morgan fingerprint density at radius 2 is 2.38 bits per heavy atom. The number of allylic oxidation sites excluding steroid dienone is 2. The second-order valence-electron chi connectivity index (χ2n) is 6.25. The van der Waals surface area contributed by atoms with Crippen LogP contribution >= 0.6 is 11.6 Å². The smallest absolute Gasteiger partial charge is 0.339 e. The lowest BCUT2D eigenvalue weighted by Gasteiger charge is -2.51. The lowest BCUT2D eigenvalue weighted by molar-refractivity contribution is -0.219. The van der Waals surface area contributed by atoms with Gasteiger partial charge in [0.05, 0.1) is 0 Å². The number of hydrogen-bond acceptors (Lipinski definition) is 5. The van der Waals surface area contributed by atoms with Gasteiger partial charge in [0.25, 0.3) is 0 Å². The van der Waals surface area contributed by atoms with Gasteiger partial charge in [0.15, 0.2) is 11.4 Å². The Morgan fingerprint density at radius 1 is 1.62 bits per heavy atom. The minimum atomic E-state index is -1.42. The molecule has 3 aliphatic rings. The van der Waals surface area contributed by atoms with Gasteiger partial charge >= 0.3 is 5.97 Å². The fraction of sp³-hybridized carbons (Fsp3) is 0.733. The molecule has 1 unspecified atom stereocenters. The van der Waals surface area contributed by atoms with Crippen molar-refractivity contribution < 1.29 is 19.4 Å². The molecule has 0 aromatic carbocycles. The van der Waals surface area contributed by atoms with E-state index in [0.29, 0.717) is 12.3 Å². The largest absolute Gasteiger partial charge is 0.454 e. The van der Waals surface area contributed by atoms with Crippen molar-refractivity contribution in [1.29, 1.82) is 0 Å². The molecule has 5 atom stereocenters. The van der Waals surface area contributed by atoms with E-state index in [1.54, 1.807) is 6.92 Å². The highest BCUT2D eigenvalue weighted by atomic mass is 35.5. The molecule has 2 N–H and O–H groups in total. The van der Waals surface area contributed by atoms with Gasteiger partial charge in [0.1, 0.15) is 6.23 Å². The predicted octanol–water partition coefficient (Wildman–Crippen LogP) is 1.13. The topological polar surface area (TPSA) is 75.6 Å². The third-order valence-corrected chi connectivity index (χ3v) is 5.41. The standard InChI is InChI=1S/C15H20ClNO4/c1-14-10(7-8-16)12(19)17-15(14,13(20)21-14)11(18)9-5-3-2-4-6-9/h3,5,9-10,12,17,19H,2,4,6-8H2,1H3/t9-,10+,12?,14+,15+/m1/s1. The number of fused-ring (bicyclic) bond motifs is 1. The zero-order valence-electron chi connectivity index (χ0n) is 12.0. The Bertz CT molecular complexity index is 508. The summed E-state index contributed by atoms with van der Waals surface area (Å²) in [5, 5.41) is 13.1. The van der Waals surface area contributed by atoms with Crippen LogP contribution < -0.4 is 5.32 Å². The zero-order valence-corrected chi connectivity index (χ0v) is 12.7. The van der Waals surface area contributed by atoms with E-state index in [-0.39, 0.29) is 17.6 Å². The number of esters is 1. The first-order valence-corrected chi connectivity index (χ1v) is 7.97. The van der Waals surface area contributed by atoms with Crippen LogP contribution in [-0.2, 0) is 14.3 Å². The second-order valence-corrected chi connectivity index (χ2v) is 6.63. The first kappa shape index (κ1) is 15.0. The molecule has 116 valence electrons. The van der Waals surface area contributed by atoms with Crippen LogP contribution in [0.4, 0.5) is 0 Å². The highest BCUT2D eigenvalue weighted by Gasteiger charge is 2.79. The van der Waals surface area contributed by atoms with Gasteiger partial charge in [0, 0.05) is 17.7 Å². The highest BCUT2D eigenvalue weighted by Crippen LogP contribution is 2.53. The van der Waals surface area contributed by atoms with Gasteiger partial charge in [-0.3, -0.25) is 10.1 Å². The van der Waals surface area contributed by atoms with E-state index in [2.05, 4.69) is 5.32 Å². The third kappa shape index (κ3) is 1.84. The SMILES string of the molecule is C[C@@]12OC(=O)[C@]1(C(=O)[C@@H]1C=CCCC1)NC(O)[C@@H]2CCCl. The van der Waals surface area contributed by atoms with Crippen molar-refractivity contribution in [2.24, 2.45) is 11.8 Å². The van der Waals surface area contributed by atoms with Crippen LogP contribution in [0.15, 0.2) is 12.2 Å². The van der Waals surface area contributed by atoms with Crippen molar-refractivity contribution in [3.63, 3.8) is 0 Å². The molecule has 0 bridgehead atoms. The fourth-order valence-electron chi connectivity index (χ4n) is 3.96. The van der Waals surface area contributed by atoms with Gasteiger partial charge in [0.2, 0.25) is 5.54 Å². The number of ketones is 1. The molecule has 2 fully saturated rings. The molecule has 2 aliphatic heterocycles. The molecule has 0 amide bonds. The van der Waals surface area contributed by atoms with Crippen LogP contribution in [0.1, 0.15) is 32.6 Å². The van der Waals surface area contributed by atoms with Gasteiger partial charge in [-0.1, -0.05) is 12.2 Å². The molecular weight excluding hydrogens is 294 g/mol. The Hall–Kier alpha value is -0.910. The van der Waals surface area contributed by atoms with Crippen molar-refractivity contribution in [2.75, 3.05) is 5.88 Å². The summed E-state index contributed by atoms with van der Waals surface area (Å²) in [6, 6.07) is 0.